The number of piperazine rings is 1. The van der Waals surface area contributed by atoms with Gasteiger partial charge in [-0.3, -0.25) is 9.69 Å². The molecule has 11 heteroatoms. The molecule has 1 saturated carbocycles. The number of halogens is 3. The highest BCUT2D eigenvalue weighted by molar-refractivity contribution is 7.89. The predicted molar refractivity (Wildman–Crippen MR) is 114 cm³/mol. The molecule has 1 aliphatic carbocycles. The van der Waals surface area contributed by atoms with Gasteiger partial charge in [-0.05, 0) is 42.7 Å². The zero-order valence-corrected chi connectivity index (χ0v) is 18.5. The minimum absolute atomic E-state index is 0.0970. The van der Waals surface area contributed by atoms with E-state index >= 15 is 0 Å². The molecule has 2 fully saturated rings. The summed E-state index contributed by atoms with van der Waals surface area (Å²) in [6.45, 7) is 0.991. The van der Waals surface area contributed by atoms with Gasteiger partial charge in [0.2, 0.25) is 15.9 Å². The number of benzene rings is 2. The Balaban J connectivity index is 1.44. The van der Waals surface area contributed by atoms with Crippen LogP contribution in [-0.4, -0.2) is 62.1 Å². The van der Waals surface area contributed by atoms with Gasteiger partial charge in [-0.1, -0.05) is 30.3 Å². The Hall–Kier alpha value is -2.63. The molecule has 1 atom stereocenters. The summed E-state index contributed by atoms with van der Waals surface area (Å²) in [6, 6.07) is 13.2. The van der Waals surface area contributed by atoms with Gasteiger partial charge in [0.05, 0.1) is 4.90 Å². The third kappa shape index (κ3) is 5.84. The molecular weight excluding hydrogens is 459 g/mol. The molecule has 1 heterocycles. The van der Waals surface area contributed by atoms with Crippen molar-refractivity contribution in [3.05, 3.63) is 60.2 Å². The fraction of sp³-hybridized carbons (Fsp3) is 0.409. The van der Waals surface area contributed by atoms with E-state index in [1.807, 2.05) is 35.2 Å². The van der Waals surface area contributed by atoms with Gasteiger partial charge in [0, 0.05) is 32.2 Å². The Morgan fingerprint density at radius 3 is 2.12 bits per heavy atom. The minimum atomic E-state index is -4.85. The number of sulfonamides is 1. The lowest BCUT2D eigenvalue weighted by atomic mass is 10.0. The van der Waals surface area contributed by atoms with Crippen molar-refractivity contribution in [2.24, 2.45) is 0 Å². The first-order valence-corrected chi connectivity index (χ1v) is 12.0. The van der Waals surface area contributed by atoms with E-state index in [1.54, 1.807) is 0 Å². The van der Waals surface area contributed by atoms with Crippen LogP contribution in [0.15, 0.2) is 59.5 Å². The maximum Gasteiger partial charge on any atom is 0.573 e. The molecule has 0 bridgehead atoms. The van der Waals surface area contributed by atoms with Gasteiger partial charge >= 0.3 is 6.36 Å². The van der Waals surface area contributed by atoms with Crippen LogP contribution in [0.5, 0.6) is 5.75 Å². The van der Waals surface area contributed by atoms with Crippen molar-refractivity contribution in [1.29, 1.82) is 0 Å². The summed E-state index contributed by atoms with van der Waals surface area (Å²) in [5.74, 6) is -0.584. The lowest BCUT2D eigenvalue weighted by Gasteiger charge is -2.38. The summed E-state index contributed by atoms with van der Waals surface area (Å²) in [6.07, 6.45) is -2.92. The van der Waals surface area contributed by atoms with E-state index < -0.39 is 28.2 Å². The molecule has 2 aromatic carbocycles. The average molecular weight is 484 g/mol. The van der Waals surface area contributed by atoms with E-state index in [9.17, 15) is 26.4 Å². The van der Waals surface area contributed by atoms with E-state index in [0.29, 0.717) is 13.1 Å². The molecule has 1 amide bonds. The zero-order chi connectivity index (χ0) is 23.6. The largest absolute Gasteiger partial charge is 0.573 e. The van der Waals surface area contributed by atoms with Crippen LogP contribution in [0.1, 0.15) is 24.4 Å². The SMILES string of the molecule is O=C(NC1CC1)C(c1ccccc1)N1CCN(S(=O)(=O)c2ccc(OC(F)(F)F)cc2)CC1. The molecule has 2 aliphatic rings. The number of amides is 1. The molecule has 33 heavy (non-hydrogen) atoms. The molecule has 4 rings (SSSR count). The zero-order valence-electron chi connectivity index (χ0n) is 17.7. The van der Waals surface area contributed by atoms with Crippen molar-refractivity contribution in [2.45, 2.75) is 36.2 Å². The fourth-order valence-corrected chi connectivity index (χ4v) is 5.26. The first-order valence-electron chi connectivity index (χ1n) is 10.6. The van der Waals surface area contributed by atoms with Crippen LogP contribution >= 0.6 is 0 Å². The van der Waals surface area contributed by atoms with Gasteiger partial charge in [-0.25, -0.2) is 8.42 Å². The highest BCUT2D eigenvalue weighted by Gasteiger charge is 2.36. The Morgan fingerprint density at radius 1 is 0.970 bits per heavy atom. The summed E-state index contributed by atoms with van der Waals surface area (Å²) in [5.41, 5.74) is 0.840. The lowest BCUT2D eigenvalue weighted by Crippen LogP contribution is -2.52. The Morgan fingerprint density at radius 2 is 1.58 bits per heavy atom. The molecule has 0 aromatic heterocycles. The standard InChI is InChI=1S/C22H24F3N3O4S/c23-22(24,25)32-18-8-10-19(11-9-18)33(30,31)28-14-12-27(13-15-28)20(16-4-2-1-3-5-16)21(29)26-17-6-7-17/h1-5,8-11,17,20H,6-7,12-15H2,(H,26,29). The molecule has 2 aromatic rings. The van der Waals surface area contributed by atoms with E-state index in [1.165, 1.54) is 4.31 Å². The van der Waals surface area contributed by atoms with Crippen molar-refractivity contribution >= 4 is 15.9 Å². The third-order valence-corrected chi connectivity index (χ3v) is 7.53. The Labute approximate surface area is 190 Å². The summed E-state index contributed by atoms with van der Waals surface area (Å²) in [5, 5.41) is 3.03. The van der Waals surface area contributed by atoms with E-state index in [4.69, 9.17) is 0 Å². The van der Waals surface area contributed by atoms with Gasteiger partial charge in [0.1, 0.15) is 11.8 Å². The van der Waals surface area contributed by atoms with Gasteiger partial charge in [0.25, 0.3) is 0 Å². The molecule has 1 saturated heterocycles. The van der Waals surface area contributed by atoms with E-state index in [0.717, 1.165) is 42.7 Å². The van der Waals surface area contributed by atoms with Crippen LogP contribution in [0.25, 0.3) is 0 Å². The summed E-state index contributed by atoms with van der Waals surface area (Å²) < 4.78 is 68.1. The van der Waals surface area contributed by atoms with Crippen LogP contribution in [0, 0.1) is 0 Å². The van der Waals surface area contributed by atoms with Crippen molar-refractivity contribution in [2.75, 3.05) is 26.2 Å². The van der Waals surface area contributed by atoms with Gasteiger partial charge in [-0.15, -0.1) is 13.2 Å². The van der Waals surface area contributed by atoms with Crippen molar-refractivity contribution in [3.8, 4) is 5.75 Å². The quantitative estimate of drug-likeness (QED) is 0.655. The van der Waals surface area contributed by atoms with E-state index in [-0.39, 0.29) is 29.9 Å². The number of carbonyl (C=O) groups excluding carboxylic acids is 1. The molecule has 7 nitrogen and oxygen atoms in total. The first-order chi connectivity index (χ1) is 15.6. The van der Waals surface area contributed by atoms with Crippen LogP contribution < -0.4 is 10.1 Å². The van der Waals surface area contributed by atoms with Gasteiger partial charge in [-0.2, -0.15) is 4.31 Å². The predicted octanol–water partition coefficient (Wildman–Crippen LogP) is 2.91. The molecule has 0 radical (unpaired) electrons. The monoisotopic (exact) mass is 483 g/mol. The van der Waals surface area contributed by atoms with Crippen molar-refractivity contribution in [3.63, 3.8) is 0 Å². The second-order valence-electron chi connectivity index (χ2n) is 8.06. The smallest absolute Gasteiger partial charge is 0.406 e. The Kier molecular flexibility index (Phi) is 6.64. The summed E-state index contributed by atoms with van der Waals surface area (Å²) in [7, 11) is -3.90. The number of alkyl halides is 3. The number of ether oxygens (including phenoxy) is 1. The van der Waals surface area contributed by atoms with Crippen LogP contribution in [-0.2, 0) is 14.8 Å². The molecule has 1 unspecified atom stereocenters. The fourth-order valence-electron chi connectivity index (χ4n) is 3.84. The second-order valence-corrected chi connectivity index (χ2v) is 9.99. The first kappa shape index (κ1) is 23.5. The highest BCUT2D eigenvalue weighted by Crippen LogP contribution is 2.28. The number of carbonyl (C=O) groups is 1. The number of nitrogens with one attached hydrogen (secondary N) is 1. The van der Waals surface area contributed by atoms with Gasteiger partial charge in [0.15, 0.2) is 0 Å². The maximum absolute atomic E-state index is 13.0. The average Bonchev–Trinajstić information content (AvgIpc) is 3.58. The lowest BCUT2D eigenvalue weighted by molar-refractivity contribution is -0.274. The number of hydrogen-bond donors (Lipinski definition) is 1. The normalized spacial score (nSPS) is 19.1. The van der Waals surface area contributed by atoms with Gasteiger partial charge < -0.3 is 10.1 Å². The molecule has 1 N–H and O–H groups in total. The summed E-state index contributed by atoms with van der Waals surface area (Å²) >= 11 is 0. The Bertz CT molecular complexity index is 1070. The minimum Gasteiger partial charge on any atom is -0.406 e. The highest BCUT2D eigenvalue weighted by atomic mass is 32.2. The maximum atomic E-state index is 13.0. The molecular formula is C22H24F3N3O4S. The number of nitrogens with zero attached hydrogens (tertiary/aromatic N) is 2. The topological polar surface area (TPSA) is 79.0 Å². The van der Waals surface area contributed by atoms with E-state index in [2.05, 4.69) is 10.1 Å². The van der Waals surface area contributed by atoms with Crippen molar-refractivity contribution in [1.82, 2.24) is 14.5 Å². The molecule has 1 aliphatic heterocycles. The molecule has 0 spiro atoms. The number of rotatable bonds is 7. The van der Waals surface area contributed by atoms with Crippen molar-refractivity contribution < 1.29 is 31.1 Å². The summed E-state index contributed by atoms with van der Waals surface area (Å²) in [4.78, 5) is 14.8. The number of hydrogen-bond acceptors (Lipinski definition) is 5. The van der Waals surface area contributed by atoms with Crippen LogP contribution in [0.3, 0.4) is 0 Å². The third-order valence-electron chi connectivity index (χ3n) is 5.62. The second kappa shape index (κ2) is 9.32. The van der Waals surface area contributed by atoms with Crippen LogP contribution in [0.4, 0.5) is 13.2 Å². The molecule has 178 valence electrons. The van der Waals surface area contributed by atoms with Crippen LogP contribution in [0.2, 0.25) is 0 Å².